The van der Waals surface area contributed by atoms with Crippen molar-refractivity contribution in [2.75, 3.05) is 13.1 Å². The number of piperidine rings is 1. The van der Waals surface area contributed by atoms with Crippen LogP contribution in [0.5, 0.6) is 0 Å². The minimum atomic E-state index is -0.469. The van der Waals surface area contributed by atoms with E-state index < -0.39 is 4.92 Å². The molecular weight excluding hydrogens is 194 g/mol. The second kappa shape index (κ2) is 4.35. The minimum Gasteiger partial charge on any atom is -0.358 e. The summed E-state index contributed by atoms with van der Waals surface area (Å²) in [7, 11) is 0. The van der Waals surface area contributed by atoms with Gasteiger partial charge >= 0.3 is 5.82 Å². The van der Waals surface area contributed by atoms with Crippen LogP contribution in [0.25, 0.3) is 0 Å². The molecular formula is C10H13N3O2. The van der Waals surface area contributed by atoms with Gasteiger partial charge in [0.15, 0.2) is 0 Å². The van der Waals surface area contributed by atoms with Gasteiger partial charge in [0.25, 0.3) is 0 Å². The van der Waals surface area contributed by atoms with Gasteiger partial charge in [0.2, 0.25) is 0 Å². The Balaban J connectivity index is 2.11. The van der Waals surface area contributed by atoms with E-state index in [1.807, 2.05) is 6.07 Å². The zero-order chi connectivity index (χ0) is 10.7. The van der Waals surface area contributed by atoms with E-state index in [1.165, 1.54) is 6.07 Å². The number of aromatic nitrogens is 1. The Labute approximate surface area is 87.7 Å². The maximum Gasteiger partial charge on any atom is 0.363 e. The summed E-state index contributed by atoms with van der Waals surface area (Å²) < 4.78 is 0. The summed E-state index contributed by atoms with van der Waals surface area (Å²) >= 11 is 0. The molecule has 1 aliphatic heterocycles. The Hall–Kier alpha value is -1.49. The van der Waals surface area contributed by atoms with E-state index in [4.69, 9.17) is 0 Å². The Morgan fingerprint density at radius 1 is 1.53 bits per heavy atom. The molecule has 1 saturated heterocycles. The van der Waals surface area contributed by atoms with Crippen LogP contribution in [0.3, 0.4) is 0 Å². The van der Waals surface area contributed by atoms with Gasteiger partial charge in [0, 0.05) is 24.1 Å². The van der Waals surface area contributed by atoms with Crippen molar-refractivity contribution in [3.8, 4) is 0 Å². The predicted octanol–water partition coefficient (Wildman–Crippen LogP) is 1.46. The molecule has 0 aromatic carbocycles. The van der Waals surface area contributed by atoms with E-state index >= 15 is 0 Å². The molecule has 0 saturated carbocycles. The van der Waals surface area contributed by atoms with Crippen molar-refractivity contribution in [2.24, 2.45) is 0 Å². The molecule has 5 nitrogen and oxygen atoms in total. The smallest absolute Gasteiger partial charge is 0.358 e. The van der Waals surface area contributed by atoms with Crippen molar-refractivity contribution in [1.29, 1.82) is 0 Å². The molecule has 1 aromatic heterocycles. The average Bonchev–Trinajstić information content (AvgIpc) is 2.30. The average molecular weight is 207 g/mol. The molecule has 0 radical (unpaired) electrons. The van der Waals surface area contributed by atoms with Crippen molar-refractivity contribution in [1.82, 2.24) is 10.3 Å². The lowest BCUT2D eigenvalue weighted by atomic mass is 9.93. The Bertz CT molecular complexity index is 344. The second-order valence-electron chi connectivity index (χ2n) is 3.75. The van der Waals surface area contributed by atoms with Crippen LogP contribution in [-0.4, -0.2) is 23.0 Å². The highest BCUT2D eigenvalue weighted by atomic mass is 16.6. The molecule has 1 aliphatic rings. The third-order valence-corrected chi connectivity index (χ3v) is 2.73. The summed E-state index contributed by atoms with van der Waals surface area (Å²) in [6, 6.07) is 3.28. The van der Waals surface area contributed by atoms with Crippen LogP contribution in [0.1, 0.15) is 24.3 Å². The number of nitrogens with one attached hydrogen (secondary N) is 1. The molecule has 2 rings (SSSR count). The largest absolute Gasteiger partial charge is 0.363 e. The van der Waals surface area contributed by atoms with E-state index in [1.54, 1.807) is 6.20 Å². The molecule has 1 unspecified atom stereocenters. The van der Waals surface area contributed by atoms with Gasteiger partial charge in [-0.3, -0.25) is 0 Å². The molecule has 0 spiro atoms. The number of nitrogens with zero attached hydrogens (tertiary/aromatic N) is 2. The molecule has 5 heteroatoms. The van der Waals surface area contributed by atoms with Gasteiger partial charge < -0.3 is 15.4 Å². The van der Waals surface area contributed by atoms with Gasteiger partial charge in [0.05, 0.1) is 0 Å². The van der Waals surface area contributed by atoms with E-state index in [0.29, 0.717) is 5.92 Å². The summed E-state index contributed by atoms with van der Waals surface area (Å²) in [5.74, 6) is 0.370. The highest BCUT2D eigenvalue weighted by molar-refractivity contribution is 5.25. The Morgan fingerprint density at radius 3 is 2.93 bits per heavy atom. The van der Waals surface area contributed by atoms with Crippen molar-refractivity contribution in [3.63, 3.8) is 0 Å². The molecule has 15 heavy (non-hydrogen) atoms. The van der Waals surface area contributed by atoms with Crippen LogP contribution in [0.4, 0.5) is 5.82 Å². The van der Waals surface area contributed by atoms with Crippen LogP contribution < -0.4 is 5.32 Å². The minimum absolute atomic E-state index is 0.0810. The first-order valence-electron chi connectivity index (χ1n) is 5.08. The number of pyridine rings is 1. The van der Waals surface area contributed by atoms with Crippen molar-refractivity contribution < 1.29 is 4.92 Å². The first-order valence-corrected chi connectivity index (χ1v) is 5.08. The SMILES string of the molecule is O=[N+]([O-])c1ccc(C2CCCNC2)cn1. The fourth-order valence-corrected chi connectivity index (χ4v) is 1.88. The fraction of sp³-hybridized carbons (Fsp3) is 0.500. The fourth-order valence-electron chi connectivity index (χ4n) is 1.88. The van der Waals surface area contributed by atoms with E-state index in [9.17, 15) is 10.1 Å². The first-order chi connectivity index (χ1) is 7.27. The normalized spacial score (nSPS) is 21.2. The van der Waals surface area contributed by atoms with Crippen molar-refractivity contribution >= 4 is 5.82 Å². The van der Waals surface area contributed by atoms with Gasteiger partial charge in [-0.05, 0) is 35.4 Å². The van der Waals surface area contributed by atoms with E-state index in [-0.39, 0.29) is 5.82 Å². The summed E-state index contributed by atoms with van der Waals surface area (Å²) in [4.78, 5) is 13.8. The number of hydrogen-bond acceptors (Lipinski definition) is 4. The van der Waals surface area contributed by atoms with Crippen LogP contribution in [0.15, 0.2) is 18.3 Å². The van der Waals surface area contributed by atoms with Gasteiger partial charge in [-0.2, -0.15) is 0 Å². The number of rotatable bonds is 2. The number of nitro groups is 1. The Morgan fingerprint density at radius 2 is 2.40 bits per heavy atom. The molecule has 0 aliphatic carbocycles. The summed E-state index contributed by atoms with van der Waals surface area (Å²) in [5.41, 5.74) is 1.09. The molecule has 1 fully saturated rings. The predicted molar refractivity (Wildman–Crippen MR) is 55.7 cm³/mol. The lowest BCUT2D eigenvalue weighted by Gasteiger charge is -2.21. The van der Waals surface area contributed by atoms with Gasteiger partial charge in [-0.1, -0.05) is 0 Å². The summed E-state index contributed by atoms with van der Waals surface area (Å²) in [5, 5.41) is 13.7. The monoisotopic (exact) mass is 207 g/mol. The van der Waals surface area contributed by atoms with Crippen LogP contribution in [-0.2, 0) is 0 Å². The number of hydrogen-bond donors (Lipinski definition) is 1. The zero-order valence-electron chi connectivity index (χ0n) is 8.35. The van der Waals surface area contributed by atoms with Gasteiger partial charge in [0.1, 0.15) is 6.20 Å². The third kappa shape index (κ3) is 2.30. The second-order valence-corrected chi connectivity index (χ2v) is 3.75. The lowest BCUT2D eigenvalue weighted by Crippen LogP contribution is -2.28. The molecule has 80 valence electrons. The van der Waals surface area contributed by atoms with Gasteiger partial charge in [-0.25, -0.2) is 0 Å². The topological polar surface area (TPSA) is 68.1 Å². The summed E-state index contributed by atoms with van der Waals surface area (Å²) in [6.07, 6.45) is 3.91. The van der Waals surface area contributed by atoms with Crippen molar-refractivity contribution in [2.45, 2.75) is 18.8 Å². The molecule has 1 N–H and O–H groups in total. The third-order valence-electron chi connectivity index (χ3n) is 2.73. The lowest BCUT2D eigenvalue weighted by molar-refractivity contribution is -0.389. The molecule has 1 aromatic rings. The highest BCUT2D eigenvalue weighted by Gasteiger charge is 2.17. The summed E-state index contributed by atoms with van der Waals surface area (Å²) in [6.45, 7) is 2.01. The standard InChI is InChI=1S/C10H13N3O2/c14-13(15)10-4-3-9(7-12-10)8-2-1-5-11-6-8/h3-4,7-8,11H,1-2,5-6H2. The maximum absolute atomic E-state index is 10.4. The van der Waals surface area contributed by atoms with Gasteiger partial charge in [-0.15, -0.1) is 0 Å². The highest BCUT2D eigenvalue weighted by Crippen LogP contribution is 2.23. The quantitative estimate of drug-likeness (QED) is 0.588. The zero-order valence-corrected chi connectivity index (χ0v) is 8.35. The first kappa shape index (κ1) is 10.0. The van der Waals surface area contributed by atoms with E-state index in [0.717, 1.165) is 31.5 Å². The van der Waals surface area contributed by atoms with Crippen LogP contribution >= 0.6 is 0 Å². The van der Waals surface area contributed by atoms with Crippen LogP contribution in [0.2, 0.25) is 0 Å². The Kier molecular flexibility index (Phi) is 2.91. The van der Waals surface area contributed by atoms with Crippen molar-refractivity contribution in [3.05, 3.63) is 34.0 Å². The molecule has 0 amide bonds. The van der Waals surface area contributed by atoms with E-state index in [2.05, 4.69) is 10.3 Å². The molecule has 2 heterocycles. The molecule has 1 atom stereocenters. The molecule has 0 bridgehead atoms. The van der Waals surface area contributed by atoms with Crippen LogP contribution in [0, 0.1) is 10.1 Å². The maximum atomic E-state index is 10.4.